The zero-order valence-electron chi connectivity index (χ0n) is 8.65. The van der Waals surface area contributed by atoms with Crippen molar-refractivity contribution in [1.29, 1.82) is 0 Å². The van der Waals surface area contributed by atoms with Crippen molar-refractivity contribution < 1.29 is 9.59 Å². The second-order valence-electron chi connectivity index (χ2n) is 3.23. The number of nitrogens with zero attached hydrogens (tertiary/aromatic N) is 1. The van der Waals surface area contributed by atoms with E-state index >= 15 is 0 Å². The third kappa shape index (κ3) is 3.02. The molecule has 4 nitrogen and oxygen atoms in total. The van der Waals surface area contributed by atoms with Crippen molar-refractivity contribution >= 4 is 17.3 Å². The Balaban J connectivity index is 2.99. The summed E-state index contributed by atoms with van der Waals surface area (Å²) in [6, 6.07) is 3.25. The first-order valence-electron chi connectivity index (χ1n) is 4.46. The van der Waals surface area contributed by atoms with Gasteiger partial charge < -0.3 is 5.73 Å². The number of ketones is 1. The molecule has 0 unspecified atom stereocenters. The molecular formula is C11H12N2O2. The molecule has 0 fully saturated rings. The maximum absolute atomic E-state index is 10.8. The smallest absolute Gasteiger partial charge is 0.267 e. The van der Waals surface area contributed by atoms with E-state index in [1.807, 2.05) is 6.92 Å². The number of carbonyl (C=O) groups excluding carboxylic acids is 2. The molecule has 0 spiro atoms. The summed E-state index contributed by atoms with van der Waals surface area (Å²) in [5, 5.41) is 0. The highest BCUT2D eigenvalue weighted by atomic mass is 16.1. The Hall–Kier alpha value is -1.97. The van der Waals surface area contributed by atoms with Gasteiger partial charge in [-0.1, -0.05) is 6.07 Å². The van der Waals surface area contributed by atoms with Crippen LogP contribution in [0.5, 0.6) is 0 Å². The van der Waals surface area contributed by atoms with Gasteiger partial charge in [0, 0.05) is 6.20 Å². The number of primary amides is 1. The van der Waals surface area contributed by atoms with Gasteiger partial charge in [-0.05, 0) is 37.1 Å². The predicted octanol–water partition coefficient (Wildman–Crippen LogP) is 1.17. The molecule has 1 aromatic rings. The molecule has 78 valence electrons. The monoisotopic (exact) mass is 204 g/mol. The highest BCUT2D eigenvalue weighted by Gasteiger charge is 2.02. The molecular weight excluding hydrogens is 192 g/mol. The summed E-state index contributed by atoms with van der Waals surface area (Å²) >= 11 is 0. The maximum atomic E-state index is 10.8. The van der Waals surface area contributed by atoms with Crippen LogP contribution in [0.25, 0.3) is 5.57 Å². The molecule has 0 radical (unpaired) electrons. The molecule has 0 aliphatic rings. The summed E-state index contributed by atoms with van der Waals surface area (Å²) in [6.07, 6.45) is 3.04. The zero-order chi connectivity index (χ0) is 11.4. The summed E-state index contributed by atoms with van der Waals surface area (Å²) in [5.41, 5.74) is 6.88. The fraction of sp³-hybridized carbons (Fsp3) is 0.182. The van der Waals surface area contributed by atoms with Gasteiger partial charge in [-0.15, -0.1) is 0 Å². The van der Waals surface area contributed by atoms with Crippen LogP contribution in [0.1, 0.15) is 29.9 Å². The molecule has 1 amide bonds. The van der Waals surface area contributed by atoms with Crippen LogP contribution in [0, 0.1) is 0 Å². The van der Waals surface area contributed by atoms with E-state index in [0.717, 1.165) is 11.1 Å². The maximum Gasteiger partial charge on any atom is 0.267 e. The van der Waals surface area contributed by atoms with E-state index in [-0.39, 0.29) is 11.5 Å². The molecule has 4 heteroatoms. The van der Waals surface area contributed by atoms with Gasteiger partial charge in [0.15, 0.2) is 5.78 Å². The number of carbonyl (C=O) groups is 2. The van der Waals surface area contributed by atoms with Gasteiger partial charge in [0.25, 0.3) is 5.91 Å². The van der Waals surface area contributed by atoms with Gasteiger partial charge >= 0.3 is 0 Å². The van der Waals surface area contributed by atoms with Crippen molar-refractivity contribution in [3.63, 3.8) is 0 Å². The molecule has 1 heterocycles. The second kappa shape index (κ2) is 4.50. The van der Waals surface area contributed by atoms with Crippen LogP contribution in [0.4, 0.5) is 0 Å². The van der Waals surface area contributed by atoms with Gasteiger partial charge in [-0.25, -0.2) is 0 Å². The zero-order valence-corrected chi connectivity index (χ0v) is 8.65. The van der Waals surface area contributed by atoms with Crippen LogP contribution >= 0.6 is 0 Å². The Morgan fingerprint density at radius 1 is 1.33 bits per heavy atom. The number of amides is 1. The highest BCUT2D eigenvalue weighted by molar-refractivity contribution is 5.95. The van der Waals surface area contributed by atoms with E-state index in [0.29, 0.717) is 0 Å². The lowest BCUT2D eigenvalue weighted by Gasteiger charge is -2.00. The van der Waals surface area contributed by atoms with Gasteiger partial charge in [0.1, 0.15) is 5.69 Å². The Morgan fingerprint density at radius 2 is 2.00 bits per heavy atom. The number of nitrogens with two attached hydrogens (primary N) is 1. The summed E-state index contributed by atoms with van der Waals surface area (Å²) < 4.78 is 0. The third-order valence-corrected chi connectivity index (χ3v) is 1.89. The Labute approximate surface area is 87.8 Å². The molecule has 0 aliphatic heterocycles. The second-order valence-corrected chi connectivity index (χ2v) is 3.23. The minimum atomic E-state index is -0.560. The average molecular weight is 204 g/mol. The molecule has 15 heavy (non-hydrogen) atoms. The Bertz CT molecular complexity index is 419. The van der Waals surface area contributed by atoms with Crippen molar-refractivity contribution in [2.45, 2.75) is 13.8 Å². The van der Waals surface area contributed by atoms with Crippen molar-refractivity contribution in [2.75, 3.05) is 0 Å². The first-order valence-corrected chi connectivity index (χ1v) is 4.46. The Morgan fingerprint density at radius 3 is 2.40 bits per heavy atom. The van der Waals surface area contributed by atoms with Crippen LogP contribution in [0.15, 0.2) is 24.4 Å². The first-order chi connectivity index (χ1) is 7.00. The summed E-state index contributed by atoms with van der Waals surface area (Å²) in [7, 11) is 0. The van der Waals surface area contributed by atoms with E-state index in [2.05, 4.69) is 4.98 Å². The number of pyridine rings is 1. The molecule has 0 aromatic carbocycles. The van der Waals surface area contributed by atoms with E-state index in [1.54, 1.807) is 6.07 Å². The van der Waals surface area contributed by atoms with Crippen LogP contribution < -0.4 is 5.73 Å². The quantitative estimate of drug-likeness (QED) is 0.751. The van der Waals surface area contributed by atoms with Crippen molar-refractivity contribution in [3.05, 3.63) is 35.7 Å². The van der Waals surface area contributed by atoms with Gasteiger partial charge in [-0.3, -0.25) is 14.6 Å². The fourth-order valence-corrected chi connectivity index (χ4v) is 1.16. The number of aromatic nitrogens is 1. The standard InChI is InChI=1S/C11H12N2O2/c1-7(5-8(2)14)9-3-4-10(11(12)15)13-6-9/h3-6H,1-2H3,(H2,12,15). The molecule has 0 saturated heterocycles. The minimum Gasteiger partial charge on any atom is -0.364 e. The number of hydrogen-bond acceptors (Lipinski definition) is 3. The molecule has 0 aliphatic carbocycles. The van der Waals surface area contributed by atoms with Crippen molar-refractivity contribution in [3.8, 4) is 0 Å². The summed E-state index contributed by atoms with van der Waals surface area (Å²) in [5.74, 6) is -0.582. The van der Waals surface area contributed by atoms with Crippen LogP contribution in [-0.4, -0.2) is 16.7 Å². The van der Waals surface area contributed by atoms with E-state index < -0.39 is 5.91 Å². The van der Waals surface area contributed by atoms with Gasteiger partial charge in [0.2, 0.25) is 0 Å². The van der Waals surface area contributed by atoms with Gasteiger partial charge in [0.05, 0.1) is 0 Å². The lowest BCUT2D eigenvalue weighted by molar-refractivity contribution is -0.112. The lowest BCUT2D eigenvalue weighted by atomic mass is 10.1. The topological polar surface area (TPSA) is 73.1 Å². The third-order valence-electron chi connectivity index (χ3n) is 1.89. The van der Waals surface area contributed by atoms with Crippen molar-refractivity contribution in [1.82, 2.24) is 4.98 Å². The Kier molecular flexibility index (Phi) is 3.33. The number of hydrogen-bond donors (Lipinski definition) is 1. The molecule has 0 bridgehead atoms. The van der Waals surface area contributed by atoms with E-state index in [9.17, 15) is 9.59 Å². The minimum absolute atomic E-state index is 0.0218. The fourth-order valence-electron chi connectivity index (χ4n) is 1.16. The molecule has 2 N–H and O–H groups in total. The summed E-state index contributed by atoms with van der Waals surface area (Å²) in [6.45, 7) is 3.29. The molecule has 0 atom stereocenters. The number of rotatable bonds is 3. The SMILES string of the molecule is CC(=O)C=C(C)c1ccc(C(N)=O)nc1. The summed E-state index contributed by atoms with van der Waals surface area (Å²) in [4.78, 5) is 25.5. The number of allylic oxidation sites excluding steroid dienone is 2. The largest absolute Gasteiger partial charge is 0.364 e. The molecule has 1 aromatic heterocycles. The van der Waals surface area contributed by atoms with Crippen LogP contribution in [0.2, 0.25) is 0 Å². The van der Waals surface area contributed by atoms with Crippen molar-refractivity contribution in [2.24, 2.45) is 5.73 Å². The predicted molar refractivity (Wildman–Crippen MR) is 57.1 cm³/mol. The highest BCUT2D eigenvalue weighted by Crippen LogP contribution is 2.12. The van der Waals surface area contributed by atoms with Crippen LogP contribution in [-0.2, 0) is 4.79 Å². The molecule has 1 rings (SSSR count). The average Bonchev–Trinajstić information content (AvgIpc) is 2.17. The van der Waals surface area contributed by atoms with Crippen LogP contribution in [0.3, 0.4) is 0 Å². The first kappa shape index (κ1) is 11.1. The normalized spacial score (nSPS) is 11.2. The van der Waals surface area contributed by atoms with E-state index in [1.165, 1.54) is 25.3 Å². The molecule has 0 saturated carbocycles. The van der Waals surface area contributed by atoms with Gasteiger partial charge in [-0.2, -0.15) is 0 Å². The lowest BCUT2D eigenvalue weighted by Crippen LogP contribution is -2.12. The van der Waals surface area contributed by atoms with E-state index in [4.69, 9.17) is 5.73 Å².